The van der Waals surface area contributed by atoms with Gasteiger partial charge in [0.1, 0.15) is 17.1 Å². The van der Waals surface area contributed by atoms with Crippen LogP contribution < -0.4 is 14.8 Å². The van der Waals surface area contributed by atoms with Crippen LogP contribution in [-0.2, 0) is 0 Å². The molecule has 3 nitrogen and oxygen atoms in total. The van der Waals surface area contributed by atoms with Gasteiger partial charge in [-0.3, -0.25) is 0 Å². The average molecular weight is 289 g/mol. The first-order chi connectivity index (χ1) is 10.3. The SMILES string of the molecule is CNC1CC2(CCCCCCC2)Oc2ccc(OC)cc21. The zero-order chi connectivity index (χ0) is 14.7. The first kappa shape index (κ1) is 14.7. The summed E-state index contributed by atoms with van der Waals surface area (Å²) in [6.45, 7) is 0. The summed E-state index contributed by atoms with van der Waals surface area (Å²) in [5, 5.41) is 3.48. The molecule has 1 aliphatic carbocycles. The molecule has 1 saturated carbocycles. The van der Waals surface area contributed by atoms with Crippen LogP contribution in [0.15, 0.2) is 18.2 Å². The fourth-order valence-electron chi connectivity index (χ4n) is 3.89. The standard InChI is InChI=1S/C18H27NO2/c1-19-16-13-18(10-6-4-3-5-7-11-18)21-17-9-8-14(20-2)12-15(16)17/h8-9,12,16,19H,3-7,10-11,13H2,1-2H3. The van der Waals surface area contributed by atoms with Gasteiger partial charge in [-0.1, -0.05) is 19.3 Å². The van der Waals surface area contributed by atoms with Crippen LogP contribution in [0.2, 0.25) is 0 Å². The van der Waals surface area contributed by atoms with Crippen LogP contribution in [0.1, 0.15) is 63.0 Å². The highest BCUT2D eigenvalue weighted by atomic mass is 16.5. The van der Waals surface area contributed by atoms with Crippen molar-refractivity contribution in [3.05, 3.63) is 23.8 Å². The number of benzene rings is 1. The Morgan fingerprint density at radius 1 is 1.14 bits per heavy atom. The lowest BCUT2D eigenvalue weighted by Gasteiger charge is -2.43. The second-order valence-corrected chi connectivity index (χ2v) is 6.50. The van der Waals surface area contributed by atoms with Gasteiger partial charge in [-0.25, -0.2) is 0 Å². The summed E-state index contributed by atoms with van der Waals surface area (Å²) in [5.74, 6) is 1.95. The number of rotatable bonds is 2. The molecule has 1 heterocycles. The number of hydrogen-bond acceptors (Lipinski definition) is 3. The van der Waals surface area contributed by atoms with E-state index in [2.05, 4.69) is 24.5 Å². The van der Waals surface area contributed by atoms with Gasteiger partial charge in [0.15, 0.2) is 0 Å². The molecule has 1 aromatic carbocycles. The van der Waals surface area contributed by atoms with E-state index in [-0.39, 0.29) is 5.60 Å². The Morgan fingerprint density at radius 3 is 2.52 bits per heavy atom. The van der Waals surface area contributed by atoms with Gasteiger partial charge in [0, 0.05) is 18.0 Å². The summed E-state index contributed by atoms with van der Waals surface area (Å²) in [6, 6.07) is 6.57. The molecule has 0 amide bonds. The average Bonchev–Trinajstić information content (AvgIpc) is 2.50. The van der Waals surface area contributed by atoms with E-state index >= 15 is 0 Å². The third-order valence-corrected chi connectivity index (χ3v) is 5.11. The number of nitrogens with one attached hydrogen (secondary N) is 1. The van der Waals surface area contributed by atoms with Crippen molar-refractivity contribution in [2.24, 2.45) is 0 Å². The zero-order valence-electron chi connectivity index (χ0n) is 13.3. The summed E-state index contributed by atoms with van der Waals surface area (Å²) < 4.78 is 11.9. The topological polar surface area (TPSA) is 30.5 Å². The van der Waals surface area contributed by atoms with Crippen molar-refractivity contribution >= 4 is 0 Å². The van der Waals surface area contributed by atoms with Crippen molar-refractivity contribution in [3.8, 4) is 11.5 Å². The Labute approximate surface area is 128 Å². The van der Waals surface area contributed by atoms with Gasteiger partial charge in [0.25, 0.3) is 0 Å². The first-order valence-electron chi connectivity index (χ1n) is 8.30. The highest BCUT2D eigenvalue weighted by molar-refractivity contribution is 5.44. The van der Waals surface area contributed by atoms with Gasteiger partial charge in [-0.2, -0.15) is 0 Å². The second kappa shape index (κ2) is 6.27. The Bertz CT molecular complexity index is 478. The Morgan fingerprint density at radius 2 is 1.86 bits per heavy atom. The fraction of sp³-hybridized carbons (Fsp3) is 0.667. The molecule has 3 heteroatoms. The number of methoxy groups -OCH3 is 1. The van der Waals surface area contributed by atoms with Gasteiger partial charge in [0.05, 0.1) is 7.11 Å². The normalized spacial score (nSPS) is 24.6. The highest BCUT2D eigenvalue weighted by Gasteiger charge is 2.40. The molecule has 3 rings (SSSR count). The lowest BCUT2D eigenvalue weighted by atomic mass is 9.78. The lowest BCUT2D eigenvalue weighted by molar-refractivity contribution is 0.00727. The van der Waals surface area contributed by atoms with E-state index in [4.69, 9.17) is 9.47 Å². The van der Waals surface area contributed by atoms with Gasteiger partial charge in [-0.05, 0) is 50.9 Å². The molecule has 1 atom stereocenters. The maximum Gasteiger partial charge on any atom is 0.125 e. The Kier molecular flexibility index (Phi) is 4.39. The van der Waals surface area contributed by atoms with Crippen molar-refractivity contribution in [1.82, 2.24) is 5.32 Å². The van der Waals surface area contributed by atoms with Crippen molar-refractivity contribution < 1.29 is 9.47 Å². The minimum Gasteiger partial charge on any atom is -0.497 e. The van der Waals surface area contributed by atoms with E-state index in [0.717, 1.165) is 17.9 Å². The molecule has 1 fully saturated rings. The maximum atomic E-state index is 6.53. The molecule has 0 radical (unpaired) electrons. The Balaban J connectivity index is 1.90. The van der Waals surface area contributed by atoms with E-state index in [9.17, 15) is 0 Å². The minimum atomic E-state index is 0.0374. The van der Waals surface area contributed by atoms with Crippen LogP contribution in [0.25, 0.3) is 0 Å². The second-order valence-electron chi connectivity index (χ2n) is 6.50. The molecular formula is C18H27NO2. The van der Waals surface area contributed by atoms with Crippen LogP contribution in [0.4, 0.5) is 0 Å². The van der Waals surface area contributed by atoms with Crippen molar-refractivity contribution in [1.29, 1.82) is 0 Å². The largest absolute Gasteiger partial charge is 0.497 e. The molecular weight excluding hydrogens is 262 g/mol. The fourth-order valence-corrected chi connectivity index (χ4v) is 3.89. The summed E-state index contributed by atoms with van der Waals surface area (Å²) in [4.78, 5) is 0. The van der Waals surface area contributed by atoms with Crippen LogP contribution in [0, 0.1) is 0 Å². The molecule has 1 aliphatic heterocycles. The molecule has 116 valence electrons. The van der Waals surface area contributed by atoms with Gasteiger partial charge in [0.2, 0.25) is 0 Å². The molecule has 0 saturated heterocycles. The monoisotopic (exact) mass is 289 g/mol. The van der Waals surface area contributed by atoms with Crippen molar-refractivity contribution in [2.45, 2.75) is 63.0 Å². The predicted molar refractivity (Wildman–Crippen MR) is 85.1 cm³/mol. The predicted octanol–water partition coefficient (Wildman–Crippen LogP) is 4.22. The minimum absolute atomic E-state index is 0.0374. The zero-order valence-corrected chi connectivity index (χ0v) is 13.3. The molecule has 0 bridgehead atoms. The van der Waals surface area contributed by atoms with E-state index in [1.165, 1.54) is 50.5 Å². The number of hydrogen-bond donors (Lipinski definition) is 1. The van der Waals surface area contributed by atoms with Gasteiger partial charge >= 0.3 is 0 Å². The van der Waals surface area contributed by atoms with E-state index in [1.807, 2.05) is 6.07 Å². The van der Waals surface area contributed by atoms with Crippen molar-refractivity contribution in [3.63, 3.8) is 0 Å². The quantitative estimate of drug-likeness (QED) is 0.884. The van der Waals surface area contributed by atoms with Crippen LogP contribution in [0.5, 0.6) is 11.5 Å². The summed E-state index contributed by atoms with van der Waals surface area (Å²) in [6.07, 6.45) is 10.1. The van der Waals surface area contributed by atoms with Gasteiger partial charge < -0.3 is 14.8 Å². The molecule has 1 spiro atoms. The highest BCUT2D eigenvalue weighted by Crippen LogP contribution is 2.45. The van der Waals surface area contributed by atoms with E-state index < -0.39 is 0 Å². The van der Waals surface area contributed by atoms with Crippen LogP contribution in [-0.4, -0.2) is 19.8 Å². The molecule has 21 heavy (non-hydrogen) atoms. The number of ether oxygens (including phenoxy) is 2. The smallest absolute Gasteiger partial charge is 0.125 e. The van der Waals surface area contributed by atoms with E-state index in [0.29, 0.717) is 6.04 Å². The summed E-state index contributed by atoms with van der Waals surface area (Å²) in [7, 11) is 3.77. The Hall–Kier alpha value is -1.22. The van der Waals surface area contributed by atoms with Crippen LogP contribution in [0.3, 0.4) is 0 Å². The van der Waals surface area contributed by atoms with Crippen molar-refractivity contribution in [2.75, 3.05) is 14.2 Å². The molecule has 2 aliphatic rings. The van der Waals surface area contributed by atoms with E-state index in [1.54, 1.807) is 7.11 Å². The third kappa shape index (κ3) is 3.03. The van der Waals surface area contributed by atoms with Crippen LogP contribution >= 0.6 is 0 Å². The third-order valence-electron chi connectivity index (χ3n) is 5.11. The lowest BCUT2D eigenvalue weighted by Crippen LogP contribution is -2.44. The maximum absolute atomic E-state index is 6.53. The summed E-state index contributed by atoms with van der Waals surface area (Å²) >= 11 is 0. The summed E-state index contributed by atoms with van der Waals surface area (Å²) in [5.41, 5.74) is 1.28. The molecule has 1 unspecified atom stereocenters. The molecule has 1 aromatic rings. The number of fused-ring (bicyclic) bond motifs is 1. The first-order valence-corrected chi connectivity index (χ1v) is 8.30. The molecule has 0 aromatic heterocycles. The van der Waals surface area contributed by atoms with Gasteiger partial charge in [-0.15, -0.1) is 0 Å². The molecule has 1 N–H and O–H groups in total.